The van der Waals surface area contributed by atoms with Gasteiger partial charge in [0, 0.05) is 35.8 Å². The van der Waals surface area contributed by atoms with E-state index < -0.39 is 19.0 Å². The zero-order chi connectivity index (χ0) is 24.6. The largest absolute Gasteiger partial charge is 0.507 e. The molecule has 0 unspecified atom stereocenters. The van der Waals surface area contributed by atoms with E-state index in [1.165, 1.54) is 12.1 Å². The first kappa shape index (κ1) is 17.6. The number of ether oxygens (including phenoxy) is 1. The van der Waals surface area contributed by atoms with Gasteiger partial charge in [-0.25, -0.2) is 9.59 Å². The Morgan fingerprint density at radius 1 is 1.27 bits per heavy atom. The molecule has 0 spiro atoms. The number of anilines is 1. The molecule has 2 atom stereocenters. The van der Waals surface area contributed by atoms with Crippen molar-refractivity contribution in [2.75, 3.05) is 32.5 Å². The Kier molecular flexibility index (Phi) is 4.83. The number of para-hydroxylation sites is 1. The number of hydrogen-bond acceptors (Lipinski definition) is 6. The zero-order valence-electron chi connectivity index (χ0n) is 20.0. The van der Waals surface area contributed by atoms with Crippen molar-refractivity contribution in [3.63, 3.8) is 0 Å². The molecule has 8 heteroatoms. The van der Waals surface area contributed by atoms with Crippen LogP contribution in [0, 0.1) is 0 Å². The summed E-state index contributed by atoms with van der Waals surface area (Å²) in [6.45, 7) is 0.671. The quantitative estimate of drug-likeness (QED) is 0.692. The number of carbonyl (C=O) groups is 2. The van der Waals surface area contributed by atoms with Crippen LogP contribution in [-0.4, -0.2) is 61.0 Å². The van der Waals surface area contributed by atoms with Gasteiger partial charge in [0.2, 0.25) is 0 Å². The van der Waals surface area contributed by atoms with E-state index in [2.05, 4.69) is 30.8 Å². The third-order valence-corrected chi connectivity index (χ3v) is 5.75. The fraction of sp³-hybridized carbons (Fsp3) is 0.364. The van der Waals surface area contributed by atoms with Gasteiger partial charge in [-0.2, -0.15) is 0 Å². The molecule has 0 aromatic heterocycles. The summed E-state index contributed by atoms with van der Waals surface area (Å²) < 4.78 is 26.2. The number of aromatic carboxylic acids is 1. The van der Waals surface area contributed by atoms with Crippen molar-refractivity contribution in [2.24, 2.45) is 0 Å². The van der Waals surface area contributed by atoms with Gasteiger partial charge in [0.05, 0.1) is 6.17 Å². The molecule has 0 aliphatic carbocycles. The van der Waals surface area contributed by atoms with Gasteiger partial charge in [0.15, 0.2) is 0 Å². The summed E-state index contributed by atoms with van der Waals surface area (Å²) in [5.41, 5.74) is 2.15. The summed E-state index contributed by atoms with van der Waals surface area (Å²) in [6, 6.07) is 11.3. The second-order valence-corrected chi connectivity index (χ2v) is 7.65. The van der Waals surface area contributed by atoms with Crippen LogP contribution in [0.1, 0.15) is 33.4 Å². The number of aromatic hydroxyl groups is 1. The standard InChI is InChI=1S/C15H21N3O2.C7H6O3/c1-15-7-8-17(3)13(15)18(4)12-6-5-10(9-11(12)15)20-14(19)16-2;8-6-4-2-1-3-5(6)7(9)10/h5-6,9,13H,7-8H2,1-4H3,(H,16,19);1-4,8H,(H,9,10)/t13-,15+;/m1./s1/i2D3;. The molecule has 0 radical (unpaired) electrons. The first-order chi connectivity index (χ1) is 15.3. The Morgan fingerprint density at radius 3 is 2.63 bits per heavy atom. The number of likely N-dealkylation sites (N-methyl/N-ethyl adjacent to an activating group) is 2. The summed E-state index contributed by atoms with van der Waals surface area (Å²) in [5, 5.41) is 19.1. The predicted octanol–water partition coefficient (Wildman–Crippen LogP) is 2.86. The highest BCUT2D eigenvalue weighted by Crippen LogP contribution is 2.51. The lowest BCUT2D eigenvalue weighted by molar-refractivity contribution is 0.0693. The van der Waals surface area contributed by atoms with Crippen LogP contribution in [0.3, 0.4) is 0 Å². The highest BCUT2D eigenvalue weighted by Gasteiger charge is 2.52. The highest BCUT2D eigenvalue weighted by molar-refractivity contribution is 5.90. The molecule has 4 rings (SSSR count). The predicted molar refractivity (Wildman–Crippen MR) is 113 cm³/mol. The third-order valence-electron chi connectivity index (χ3n) is 5.75. The Morgan fingerprint density at radius 2 is 2.00 bits per heavy atom. The molecule has 30 heavy (non-hydrogen) atoms. The smallest absolute Gasteiger partial charge is 0.412 e. The topological polar surface area (TPSA) is 102 Å². The number of phenols is 1. The number of carboxylic acid groups (broad SMARTS) is 1. The fourth-order valence-corrected chi connectivity index (χ4v) is 4.41. The molecule has 0 bridgehead atoms. The van der Waals surface area contributed by atoms with Crippen LogP contribution in [0.25, 0.3) is 0 Å². The van der Waals surface area contributed by atoms with Gasteiger partial charge in [-0.3, -0.25) is 4.90 Å². The Hall–Kier alpha value is -3.26. The Labute approximate surface area is 179 Å². The molecule has 2 heterocycles. The van der Waals surface area contributed by atoms with Crippen LogP contribution < -0.4 is 15.0 Å². The maximum Gasteiger partial charge on any atom is 0.412 e. The first-order valence-electron chi connectivity index (χ1n) is 10.9. The lowest BCUT2D eigenvalue weighted by atomic mass is 9.81. The summed E-state index contributed by atoms with van der Waals surface area (Å²) >= 11 is 0. The maximum atomic E-state index is 11.6. The maximum absolute atomic E-state index is 11.6. The number of rotatable bonds is 2. The van der Waals surface area contributed by atoms with Gasteiger partial charge in [-0.15, -0.1) is 0 Å². The molecular formula is C22H27N3O5. The van der Waals surface area contributed by atoms with Crippen molar-refractivity contribution >= 4 is 17.7 Å². The van der Waals surface area contributed by atoms with E-state index in [4.69, 9.17) is 19.1 Å². The zero-order valence-corrected chi connectivity index (χ0v) is 17.0. The number of likely N-dealkylation sites (tertiary alicyclic amines) is 1. The lowest BCUT2D eigenvalue weighted by Crippen LogP contribution is -2.45. The van der Waals surface area contributed by atoms with Crippen molar-refractivity contribution in [1.29, 1.82) is 0 Å². The van der Waals surface area contributed by atoms with Crippen molar-refractivity contribution in [2.45, 2.75) is 24.9 Å². The minimum absolute atomic E-state index is 0.0291. The molecule has 1 fully saturated rings. The average molecular weight is 416 g/mol. The van der Waals surface area contributed by atoms with Crippen LogP contribution in [0.4, 0.5) is 10.5 Å². The van der Waals surface area contributed by atoms with Gasteiger partial charge in [-0.05, 0) is 49.4 Å². The van der Waals surface area contributed by atoms with Gasteiger partial charge in [0.25, 0.3) is 0 Å². The van der Waals surface area contributed by atoms with E-state index in [0.717, 1.165) is 24.2 Å². The lowest BCUT2D eigenvalue weighted by Gasteiger charge is -2.32. The molecule has 8 nitrogen and oxygen atoms in total. The SMILES string of the molecule is O=C(O)c1ccccc1O.[2H]C([2H])([2H])NC(=O)Oc1ccc2c(c1)[C@]1(C)CCN(C)[C@@H]1N2C. The van der Waals surface area contributed by atoms with E-state index in [1.54, 1.807) is 18.2 Å². The van der Waals surface area contributed by atoms with Gasteiger partial charge >= 0.3 is 12.1 Å². The van der Waals surface area contributed by atoms with E-state index >= 15 is 0 Å². The van der Waals surface area contributed by atoms with Crippen molar-refractivity contribution in [3.05, 3.63) is 53.6 Å². The molecule has 3 N–H and O–H groups in total. The normalized spacial score (nSPS) is 23.8. The van der Waals surface area contributed by atoms with Gasteiger partial charge in [-0.1, -0.05) is 19.1 Å². The van der Waals surface area contributed by atoms with Gasteiger partial charge in [0.1, 0.15) is 17.1 Å². The minimum atomic E-state index is -2.56. The second-order valence-electron chi connectivity index (χ2n) is 7.65. The van der Waals surface area contributed by atoms with Crippen LogP contribution in [-0.2, 0) is 5.41 Å². The molecule has 0 saturated carbocycles. The van der Waals surface area contributed by atoms with Gasteiger partial charge < -0.3 is 25.2 Å². The van der Waals surface area contributed by atoms with Crippen LogP contribution in [0.2, 0.25) is 0 Å². The van der Waals surface area contributed by atoms with Crippen molar-refractivity contribution < 1.29 is 28.7 Å². The van der Waals surface area contributed by atoms with Crippen LogP contribution in [0.5, 0.6) is 11.5 Å². The Bertz CT molecular complexity index is 1060. The number of amides is 1. The molecule has 2 aliphatic heterocycles. The number of carboxylic acids is 1. The summed E-state index contributed by atoms with van der Waals surface area (Å²) in [4.78, 5) is 26.5. The molecular weight excluding hydrogens is 386 g/mol. The third kappa shape index (κ3) is 3.78. The van der Waals surface area contributed by atoms with E-state index in [0.29, 0.717) is 5.75 Å². The monoisotopic (exact) mass is 416 g/mol. The molecule has 1 amide bonds. The first-order valence-corrected chi connectivity index (χ1v) is 9.42. The van der Waals surface area contributed by atoms with E-state index in [9.17, 15) is 9.59 Å². The molecule has 2 aliphatic rings. The van der Waals surface area contributed by atoms with Crippen LogP contribution in [0.15, 0.2) is 42.5 Å². The summed E-state index contributed by atoms with van der Waals surface area (Å²) in [6.07, 6.45) is 0.335. The van der Waals surface area contributed by atoms with E-state index in [1.807, 2.05) is 17.4 Å². The molecule has 2 aromatic carbocycles. The highest BCUT2D eigenvalue weighted by atomic mass is 16.5. The summed E-state index contributed by atoms with van der Waals surface area (Å²) in [5.74, 6) is -0.955. The average Bonchev–Trinajstić information content (AvgIpc) is 3.12. The molecule has 2 aromatic rings. The number of nitrogens with zero attached hydrogens (tertiary/aromatic N) is 2. The molecule has 1 saturated heterocycles. The Balaban J connectivity index is 0.000000257. The fourth-order valence-electron chi connectivity index (χ4n) is 4.41. The second kappa shape index (κ2) is 8.23. The molecule has 160 valence electrons. The number of benzene rings is 2. The van der Waals surface area contributed by atoms with Crippen molar-refractivity contribution in [1.82, 2.24) is 10.2 Å². The minimum Gasteiger partial charge on any atom is -0.507 e. The van der Waals surface area contributed by atoms with Crippen LogP contribution >= 0.6 is 0 Å². The summed E-state index contributed by atoms with van der Waals surface area (Å²) in [7, 11) is 4.18. The number of hydrogen-bond donors (Lipinski definition) is 3. The number of nitrogens with one attached hydrogen (secondary N) is 1. The number of carbonyl (C=O) groups excluding carboxylic acids is 1. The van der Waals surface area contributed by atoms with E-state index in [-0.39, 0.29) is 22.9 Å². The van der Waals surface area contributed by atoms with Crippen molar-refractivity contribution in [3.8, 4) is 11.5 Å². The number of fused-ring (bicyclic) bond motifs is 3.